The van der Waals surface area contributed by atoms with Crippen LogP contribution in [0.1, 0.15) is 38.5 Å². The lowest BCUT2D eigenvalue weighted by Crippen LogP contribution is -2.15. The molecule has 0 aliphatic heterocycles. The highest BCUT2D eigenvalue weighted by atomic mass is 32.2. The summed E-state index contributed by atoms with van der Waals surface area (Å²) in [7, 11) is 0. The van der Waals surface area contributed by atoms with Crippen LogP contribution < -0.4 is 5.32 Å². The van der Waals surface area contributed by atoms with E-state index in [4.69, 9.17) is 5.11 Å². The predicted octanol–water partition coefficient (Wildman–Crippen LogP) is 5.94. The molecular formula is C21H23F2NO2S. The number of halogens is 2. The van der Waals surface area contributed by atoms with Gasteiger partial charge < -0.3 is 10.4 Å². The average Bonchev–Trinajstić information content (AvgIpc) is 3.13. The fraction of sp³-hybridized carbons (Fsp3) is 0.381. The van der Waals surface area contributed by atoms with Crippen LogP contribution in [-0.4, -0.2) is 22.9 Å². The number of aliphatic carboxylic acids is 1. The minimum absolute atomic E-state index is 0.00542. The van der Waals surface area contributed by atoms with Crippen LogP contribution >= 0.6 is 11.8 Å². The van der Waals surface area contributed by atoms with Gasteiger partial charge in [0.1, 0.15) is 11.6 Å². The van der Waals surface area contributed by atoms with E-state index in [1.807, 2.05) is 24.3 Å². The molecule has 0 amide bonds. The molecule has 0 aromatic heterocycles. The van der Waals surface area contributed by atoms with E-state index < -0.39 is 17.6 Å². The summed E-state index contributed by atoms with van der Waals surface area (Å²) in [5.41, 5.74) is 2.18. The molecule has 3 nitrogen and oxygen atoms in total. The van der Waals surface area contributed by atoms with Gasteiger partial charge in [-0.15, -0.1) is 11.8 Å². The van der Waals surface area contributed by atoms with E-state index in [9.17, 15) is 13.6 Å². The summed E-state index contributed by atoms with van der Waals surface area (Å²) >= 11 is 1.02. The summed E-state index contributed by atoms with van der Waals surface area (Å²) in [6.07, 6.45) is 5.00. The first-order chi connectivity index (χ1) is 13.0. The second-order valence-electron chi connectivity index (χ2n) is 6.79. The zero-order valence-electron chi connectivity index (χ0n) is 15.0. The largest absolute Gasteiger partial charge is 0.481 e. The Hall–Kier alpha value is -2.08. The third-order valence-electron chi connectivity index (χ3n) is 4.73. The molecule has 0 heterocycles. The van der Waals surface area contributed by atoms with Crippen LogP contribution in [-0.2, 0) is 4.79 Å². The molecule has 2 N–H and O–H groups in total. The summed E-state index contributed by atoms with van der Waals surface area (Å²) in [5.74, 6) is -1.76. The van der Waals surface area contributed by atoms with Crippen LogP contribution in [0.25, 0.3) is 11.1 Å². The van der Waals surface area contributed by atoms with E-state index >= 15 is 0 Å². The molecular weight excluding hydrogens is 368 g/mol. The predicted molar refractivity (Wildman–Crippen MR) is 105 cm³/mol. The molecule has 0 atom stereocenters. The lowest BCUT2D eigenvalue weighted by Gasteiger charge is -2.18. The minimum Gasteiger partial charge on any atom is -0.481 e. The summed E-state index contributed by atoms with van der Waals surface area (Å²) in [4.78, 5) is 10.5. The minimum atomic E-state index is -0.904. The first-order valence-corrected chi connectivity index (χ1v) is 10.2. The summed E-state index contributed by atoms with van der Waals surface area (Å²) in [5, 5.41) is 12.2. The Bertz CT molecular complexity index is 784. The Morgan fingerprint density at radius 2 is 1.81 bits per heavy atom. The van der Waals surface area contributed by atoms with Crippen molar-refractivity contribution < 1.29 is 18.7 Å². The Labute approximate surface area is 162 Å². The number of rotatable bonds is 8. The highest BCUT2D eigenvalue weighted by Gasteiger charge is 2.18. The lowest BCUT2D eigenvalue weighted by molar-refractivity contribution is -0.137. The number of carboxylic acid groups (broad SMARTS) is 1. The molecule has 0 saturated heterocycles. The van der Waals surface area contributed by atoms with Crippen molar-refractivity contribution in [1.82, 2.24) is 0 Å². The van der Waals surface area contributed by atoms with Crippen molar-refractivity contribution in [2.45, 2.75) is 49.5 Å². The Balaban J connectivity index is 1.78. The van der Waals surface area contributed by atoms with E-state index in [1.54, 1.807) is 0 Å². The van der Waals surface area contributed by atoms with Crippen molar-refractivity contribution in [2.75, 3.05) is 11.1 Å². The summed E-state index contributed by atoms with van der Waals surface area (Å²) < 4.78 is 29.0. The second-order valence-corrected chi connectivity index (χ2v) is 7.89. The van der Waals surface area contributed by atoms with Gasteiger partial charge in [0.2, 0.25) is 0 Å². The van der Waals surface area contributed by atoms with Crippen LogP contribution in [0.3, 0.4) is 0 Å². The molecule has 1 aliphatic rings. The van der Waals surface area contributed by atoms with Gasteiger partial charge in [0.25, 0.3) is 0 Å². The highest BCUT2D eigenvalue weighted by Crippen LogP contribution is 2.35. The Morgan fingerprint density at radius 1 is 1.15 bits per heavy atom. The summed E-state index contributed by atoms with van der Waals surface area (Å²) in [6.45, 7) is 0. The van der Waals surface area contributed by atoms with Gasteiger partial charge in [-0.2, -0.15) is 0 Å². The van der Waals surface area contributed by atoms with Crippen LogP contribution in [0.5, 0.6) is 0 Å². The van der Waals surface area contributed by atoms with E-state index in [0.29, 0.717) is 23.8 Å². The third-order valence-corrected chi connectivity index (χ3v) is 5.90. The Kier molecular flexibility index (Phi) is 6.72. The van der Waals surface area contributed by atoms with Gasteiger partial charge in [0, 0.05) is 23.7 Å². The fourth-order valence-electron chi connectivity index (χ4n) is 3.40. The quantitative estimate of drug-likeness (QED) is 0.432. The molecule has 0 unspecified atom stereocenters. The number of para-hydroxylation sites is 1. The average molecular weight is 391 g/mol. The van der Waals surface area contributed by atoms with Crippen LogP contribution in [0.4, 0.5) is 14.5 Å². The molecule has 0 bridgehead atoms. The number of carbonyl (C=O) groups is 1. The fourth-order valence-corrected chi connectivity index (χ4v) is 4.29. The maximum Gasteiger partial charge on any atom is 0.303 e. The number of carboxylic acids is 1. The number of hydrogen-bond donors (Lipinski definition) is 2. The zero-order chi connectivity index (χ0) is 19.2. The van der Waals surface area contributed by atoms with Gasteiger partial charge in [0.15, 0.2) is 0 Å². The molecule has 1 aliphatic carbocycles. The molecule has 3 rings (SSSR count). The SMILES string of the molecule is O=C(O)CCCSc1c(F)cc(-c2ccccc2NC2CCCC2)cc1F. The van der Waals surface area contributed by atoms with Gasteiger partial charge >= 0.3 is 5.97 Å². The molecule has 27 heavy (non-hydrogen) atoms. The van der Waals surface area contributed by atoms with Gasteiger partial charge in [-0.25, -0.2) is 8.78 Å². The number of nitrogens with one attached hydrogen (secondary N) is 1. The molecule has 2 aromatic carbocycles. The maximum atomic E-state index is 14.5. The molecule has 6 heteroatoms. The van der Waals surface area contributed by atoms with Gasteiger partial charge in [-0.1, -0.05) is 31.0 Å². The summed E-state index contributed by atoms with van der Waals surface area (Å²) in [6, 6.07) is 10.7. The maximum absolute atomic E-state index is 14.5. The molecule has 0 spiro atoms. The molecule has 144 valence electrons. The van der Waals surface area contributed by atoms with Gasteiger partial charge in [0.05, 0.1) is 4.90 Å². The van der Waals surface area contributed by atoms with E-state index in [2.05, 4.69) is 5.32 Å². The molecule has 2 aromatic rings. The van der Waals surface area contributed by atoms with E-state index in [1.165, 1.54) is 25.0 Å². The van der Waals surface area contributed by atoms with Crippen molar-refractivity contribution in [3.8, 4) is 11.1 Å². The number of thioether (sulfide) groups is 1. The van der Waals surface area contributed by atoms with Crippen LogP contribution in [0.2, 0.25) is 0 Å². The Morgan fingerprint density at radius 3 is 2.48 bits per heavy atom. The lowest BCUT2D eigenvalue weighted by atomic mass is 10.0. The van der Waals surface area contributed by atoms with Gasteiger partial charge in [-0.05, 0) is 48.8 Å². The molecule has 1 saturated carbocycles. The smallest absolute Gasteiger partial charge is 0.303 e. The third kappa shape index (κ3) is 5.22. The molecule has 0 radical (unpaired) electrons. The molecule has 1 fully saturated rings. The van der Waals surface area contributed by atoms with Crippen molar-refractivity contribution in [2.24, 2.45) is 0 Å². The van der Waals surface area contributed by atoms with Crippen molar-refractivity contribution in [3.05, 3.63) is 48.0 Å². The van der Waals surface area contributed by atoms with Crippen molar-refractivity contribution in [1.29, 1.82) is 0 Å². The monoisotopic (exact) mass is 391 g/mol. The number of anilines is 1. The van der Waals surface area contributed by atoms with Crippen molar-refractivity contribution >= 4 is 23.4 Å². The standard InChI is InChI=1S/C21H23F2NO2S/c22-17-12-14(13-18(23)21(17)27-11-5-10-20(25)26)16-8-3-4-9-19(16)24-15-6-1-2-7-15/h3-4,8-9,12-13,15,24H,1-2,5-7,10-11H2,(H,25,26). The van der Waals surface area contributed by atoms with Crippen LogP contribution in [0, 0.1) is 11.6 Å². The highest BCUT2D eigenvalue weighted by molar-refractivity contribution is 7.99. The number of hydrogen-bond acceptors (Lipinski definition) is 3. The van der Waals surface area contributed by atoms with E-state index in [-0.39, 0.29) is 11.3 Å². The van der Waals surface area contributed by atoms with E-state index in [0.717, 1.165) is 35.9 Å². The number of benzene rings is 2. The van der Waals surface area contributed by atoms with Crippen LogP contribution in [0.15, 0.2) is 41.3 Å². The topological polar surface area (TPSA) is 49.3 Å². The first kappa shape index (κ1) is 19.7. The zero-order valence-corrected chi connectivity index (χ0v) is 15.8. The van der Waals surface area contributed by atoms with Gasteiger partial charge in [-0.3, -0.25) is 4.79 Å². The second kappa shape index (κ2) is 9.22. The van der Waals surface area contributed by atoms with Crippen molar-refractivity contribution in [3.63, 3.8) is 0 Å². The first-order valence-electron chi connectivity index (χ1n) is 9.24. The normalized spacial score (nSPS) is 14.4.